The third kappa shape index (κ3) is 2.01. The Morgan fingerprint density at radius 3 is 2.30 bits per heavy atom. The maximum atomic E-state index is 2.68. The summed E-state index contributed by atoms with van der Waals surface area (Å²) in [5, 5.41) is 0. The van der Waals surface area contributed by atoms with Crippen LogP contribution in [-0.2, 0) is 0 Å². The number of hydrogen-bond donors (Lipinski definition) is 0. The lowest BCUT2D eigenvalue weighted by Gasteiger charge is -2.61. The minimum absolute atomic E-state index is 0.358. The summed E-state index contributed by atoms with van der Waals surface area (Å²) < 4.78 is 0. The van der Waals surface area contributed by atoms with Gasteiger partial charge in [0.2, 0.25) is 0 Å². The maximum absolute atomic E-state index is 2.68. The summed E-state index contributed by atoms with van der Waals surface area (Å²) in [6.45, 7) is 8.61. The summed E-state index contributed by atoms with van der Waals surface area (Å²) in [5.41, 5.74) is 3.53. The standard InChI is InChI=1S/C18H28N2/c1-14-12-18(3)11-10-17(14,2)13-20(18)16-8-6-15(7-9-16)19(4)5/h6-9,14H,10-13H2,1-5H3/t14?,17-,18-/m1/s1. The molecule has 0 amide bonds. The molecule has 2 saturated heterocycles. The van der Waals surface area contributed by atoms with Crippen molar-refractivity contribution in [3.63, 3.8) is 0 Å². The van der Waals surface area contributed by atoms with Crippen LogP contribution in [0.3, 0.4) is 0 Å². The Kier molecular flexibility index (Phi) is 3.04. The van der Waals surface area contributed by atoms with E-state index in [4.69, 9.17) is 0 Å². The van der Waals surface area contributed by atoms with Crippen molar-refractivity contribution in [1.82, 2.24) is 0 Å². The molecule has 2 aliphatic heterocycles. The van der Waals surface area contributed by atoms with Gasteiger partial charge in [0.25, 0.3) is 0 Å². The lowest BCUT2D eigenvalue weighted by Crippen LogP contribution is -2.63. The smallest absolute Gasteiger partial charge is 0.0377 e. The summed E-state index contributed by atoms with van der Waals surface area (Å²) in [6, 6.07) is 9.09. The van der Waals surface area contributed by atoms with Gasteiger partial charge in [0.05, 0.1) is 0 Å². The highest BCUT2D eigenvalue weighted by molar-refractivity contribution is 5.58. The van der Waals surface area contributed by atoms with E-state index < -0.39 is 0 Å². The van der Waals surface area contributed by atoms with Crippen LogP contribution in [0.4, 0.5) is 11.4 Å². The molecule has 1 saturated carbocycles. The van der Waals surface area contributed by atoms with Gasteiger partial charge in [0.15, 0.2) is 0 Å². The van der Waals surface area contributed by atoms with Crippen LogP contribution < -0.4 is 9.80 Å². The van der Waals surface area contributed by atoms with Crippen LogP contribution in [-0.4, -0.2) is 26.2 Å². The molecule has 3 aliphatic rings. The third-order valence-electron chi connectivity index (χ3n) is 6.02. The van der Waals surface area contributed by atoms with Gasteiger partial charge in [0.1, 0.15) is 0 Å². The van der Waals surface area contributed by atoms with E-state index >= 15 is 0 Å². The van der Waals surface area contributed by atoms with Gasteiger partial charge >= 0.3 is 0 Å². The van der Waals surface area contributed by atoms with Crippen molar-refractivity contribution >= 4 is 11.4 Å². The highest BCUT2D eigenvalue weighted by Crippen LogP contribution is 2.54. The summed E-state index contributed by atoms with van der Waals surface area (Å²) in [7, 11) is 4.20. The van der Waals surface area contributed by atoms with Crippen LogP contribution in [0.25, 0.3) is 0 Å². The van der Waals surface area contributed by atoms with Gasteiger partial charge < -0.3 is 9.80 Å². The highest BCUT2D eigenvalue weighted by Gasteiger charge is 2.52. The zero-order valence-electron chi connectivity index (χ0n) is 13.6. The zero-order valence-corrected chi connectivity index (χ0v) is 13.6. The number of fused-ring (bicyclic) bond motifs is 3. The van der Waals surface area contributed by atoms with Crippen LogP contribution >= 0.6 is 0 Å². The zero-order chi connectivity index (χ0) is 14.5. The first kappa shape index (κ1) is 13.8. The van der Waals surface area contributed by atoms with E-state index in [2.05, 4.69) is 68.9 Å². The molecular weight excluding hydrogens is 244 g/mol. The number of rotatable bonds is 2. The Morgan fingerprint density at radius 2 is 1.75 bits per heavy atom. The molecule has 2 bridgehead atoms. The Hall–Kier alpha value is -1.18. The predicted molar refractivity (Wildman–Crippen MR) is 87.6 cm³/mol. The second-order valence-corrected chi connectivity index (χ2v) is 7.75. The molecule has 20 heavy (non-hydrogen) atoms. The quantitative estimate of drug-likeness (QED) is 0.797. The SMILES string of the molecule is CC1C[C@@]2(C)CC[C@]1(C)CN2c1ccc(N(C)C)cc1. The molecule has 0 N–H and O–H groups in total. The molecule has 110 valence electrons. The van der Waals surface area contributed by atoms with Crippen molar-refractivity contribution in [2.24, 2.45) is 11.3 Å². The van der Waals surface area contributed by atoms with Gasteiger partial charge in [-0.1, -0.05) is 13.8 Å². The van der Waals surface area contributed by atoms with E-state index in [1.54, 1.807) is 0 Å². The molecule has 3 atom stereocenters. The van der Waals surface area contributed by atoms with Crippen LogP contribution in [0.5, 0.6) is 0 Å². The van der Waals surface area contributed by atoms with E-state index in [-0.39, 0.29) is 0 Å². The van der Waals surface area contributed by atoms with Crippen molar-refractivity contribution in [1.29, 1.82) is 0 Å². The van der Waals surface area contributed by atoms with Crippen LogP contribution in [0.2, 0.25) is 0 Å². The normalized spacial score (nSPS) is 36.2. The number of hydrogen-bond acceptors (Lipinski definition) is 2. The molecular formula is C18H28N2. The maximum Gasteiger partial charge on any atom is 0.0377 e. The van der Waals surface area contributed by atoms with E-state index in [1.807, 2.05) is 0 Å². The average molecular weight is 272 g/mol. The van der Waals surface area contributed by atoms with Crippen LogP contribution in [0.1, 0.15) is 40.0 Å². The fourth-order valence-electron chi connectivity index (χ4n) is 4.18. The molecule has 0 spiro atoms. The van der Waals surface area contributed by atoms with Gasteiger partial charge in [-0.05, 0) is 61.8 Å². The van der Waals surface area contributed by atoms with Gasteiger partial charge in [-0.2, -0.15) is 0 Å². The van der Waals surface area contributed by atoms with Gasteiger partial charge in [-0.15, -0.1) is 0 Å². The third-order valence-corrected chi connectivity index (χ3v) is 6.02. The molecule has 4 rings (SSSR count). The molecule has 0 radical (unpaired) electrons. The molecule has 1 aromatic carbocycles. The molecule has 1 aliphatic carbocycles. The lowest BCUT2D eigenvalue weighted by atomic mass is 9.58. The van der Waals surface area contributed by atoms with Crippen LogP contribution in [0, 0.1) is 11.3 Å². The number of benzene rings is 1. The Morgan fingerprint density at radius 1 is 1.10 bits per heavy atom. The first-order chi connectivity index (χ1) is 9.34. The first-order valence-electron chi connectivity index (χ1n) is 7.89. The van der Waals surface area contributed by atoms with E-state index in [1.165, 1.54) is 37.2 Å². The summed E-state index contributed by atoms with van der Waals surface area (Å²) in [4.78, 5) is 4.84. The van der Waals surface area contributed by atoms with E-state index in [9.17, 15) is 0 Å². The van der Waals surface area contributed by atoms with Crippen LogP contribution in [0.15, 0.2) is 24.3 Å². The summed E-state index contributed by atoms with van der Waals surface area (Å²) in [6.07, 6.45) is 4.05. The summed E-state index contributed by atoms with van der Waals surface area (Å²) >= 11 is 0. The summed E-state index contributed by atoms with van der Waals surface area (Å²) in [5.74, 6) is 0.846. The second kappa shape index (κ2) is 4.41. The average Bonchev–Trinajstić information content (AvgIpc) is 2.41. The molecule has 2 heteroatoms. The van der Waals surface area contributed by atoms with Crippen molar-refractivity contribution in [2.45, 2.75) is 45.6 Å². The van der Waals surface area contributed by atoms with Crippen molar-refractivity contribution < 1.29 is 0 Å². The fourth-order valence-corrected chi connectivity index (χ4v) is 4.18. The van der Waals surface area contributed by atoms with Gasteiger partial charge in [-0.3, -0.25) is 0 Å². The van der Waals surface area contributed by atoms with Gasteiger partial charge in [-0.25, -0.2) is 0 Å². The Bertz CT molecular complexity index is 493. The van der Waals surface area contributed by atoms with Gasteiger partial charge in [0, 0.05) is 37.6 Å². The topological polar surface area (TPSA) is 6.48 Å². The van der Waals surface area contributed by atoms with Crippen molar-refractivity contribution in [2.75, 3.05) is 30.4 Å². The van der Waals surface area contributed by atoms with E-state index in [0.29, 0.717) is 11.0 Å². The Balaban J connectivity index is 1.90. The molecule has 0 aromatic heterocycles. The monoisotopic (exact) mass is 272 g/mol. The molecule has 2 heterocycles. The minimum Gasteiger partial charge on any atom is -0.378 e. The van der Waals surface area contributed by atoms with Crippen molar-refractivity contribution in [3.05, 3.63) is 24.3 Å². The highest BCUT2D eigenvalue weighted by atomic mass is 15.2. The second-order valence-electron chi connectivity index (χ2n) is 7.75. The fraction of sp³-hybridized carbons (Fsp3) is 0.667. The lowest BCUT2D eigenvalue weighted by molar-refractivity contribution is 0.0314. The Labute approximate surface area is 123 Å². The van der Waals surface area contributed by atoms with Crippen molar-refractivity contribution in [3.8, 4) is 0 Å². The number of nitrogens with zero attached hydrogens (tertiary/aromatic N) is 2. The molecule has 1 aromatic rings. The first-order valence-corrected chi connectivity index (χ1v) is 7.89. The predicted octanol–water partition coefficient (Wildman–Crippen LogP) is 4.16. The number of piperidine rings is 2. The number of anilines is 2. The molecule has 2 nitrogen and oxygen atoms in total. The largest absolute Gasteiger partial charge is 0.378 e. The molecule has 1 unspecified atom stereocenters. The molecule has 3 fully saturated rings. The minimum atomic E-state index is 0.358. The van der Waals surface area contributed by atoms with E-state index in [0.717, 1.165) is 5.92 Å².